The number of aliphatic hydroxyl groups is 1. The van der Waals surface area contributed by atoms with Crippen LogP contribution in [0.25, 0.3) is 0 Å². The molecular weight excluding hydrogens is 428 g/mol. The van der Waals surface area contributed by atoms with Crippen molar-refractivity contribution in [3.05, 3.63) is 11.6 Å². The summed E-state index contributed by atoms with van der Waals surface area (Å²) in [5, 5.41) is 11.7. The summed E-state index contributed by atoms with van der Waals surface area (Å²) in [4.78, 5) is 36.3. The fourth-order valence-electron chi connectivity index (χ4n) is 7.95. The van der Waals surface area contributed by atoms with Gasteiger partial charge in [-0.15, -0.1) is 0 Å². The molecule has 0 aromatic heterocycles. The number of aliphatic hydroxyl groups excluding tert-OH is 1. The highest BCUT2D eigenvalue weighted by Crippen LogP contribution is 2.67. The summed E-state index contributed by atoms with van der Waals surface area (Å²) in [6.45, 7) is 10.9. The first-order valence-corrected chi connectivity index (χ1v) is 11.8. The molecule has 0 spiro atoms. The summed E-state index contributed by atoms with van der Waals surface area (Å²) in [6, 6.07) is 0. The van der Waals surface area contributed by atoms with E-state index in [1.54, 1.807) is 7.11 Å². The van der Waals surface area contributed by atoms with Crippen molar-refractivity contribution in [3.63, 3.8) is 0 Å². The molecule has 33 heavy (non-hydrogen) atoms. The van der Waals surface area contributed by atoms with Gasteiger partial charge in [0, 0.05) is 50.4 Å². The molecule has 184 valence electrons. The second kappa shape index (κ2) is 7.80. The zero-order valence-corrected chi connectivity index (χ0v) is 20.5. The summed E-state index contributed by atoms with van der Waals surface area (Å²) < 4.78 is 23.1. The van der Waals surface area contributed by atoms with Gasteiger partial charge in [0.2, 0.25) is 5.79 Å². The number of hydrogen-bond donors (Lipinski definition) is 1. The number of methoxy groups -OCH3 is 1. The summed E-state index contributed by atoms with van der Waals surface area (Å²) in [7, 11) is 1.54. The lowest BCUT2D eigenvalue weighted by Crippen LogP contribution is -2.70. The monoisotopic (exact) mass is 464 g/mol. The first-order valence-electron chi connectivity index (χ1n) is 11.8. The second-order valence-electron chi connectivity index (χ2n) is 11.2. The van der Waals surface area contributed by atoms with Gasteiger partial charge in [-0.2, -0.15) is 0 Å². The van der Waals surface area contributed by atoms with Crippen LogP contribution in [0, 0.1) is 34.5 Å². The molecule has 0 radical (unpaired) electrons. The molecule has 8 heteroatoms. The van der Waals surface area contributed by atoms with Crippen LogP contribution < -0.4 is 0 Å². The normalized spacial score (nSPS) is 45.6. The van der Waals surface area contributed by atoms with Gasteiger partial charge in [-0.1, -0.05) is 27.7 Å². The van der Waals surface area contributed by atoms with Gasteiger partial charge in [0.15, 0.2) is 0 Å². The molecule has 0 aromatic carbocycles. The molecule has 3 aliphatic carbocycles. The third-order valence-corrected chi connectivity index (χ3v) is 9.13. The molecule has 1 aliphatic heterocycles. The molecule has 1 N–H and O–H groups in total. The fraction of sp³-hybridized carbons (Fsp3) is 0.800. The lowest BCUT2D eigenvalue weighted by molar-refractivity contribution is -0.280. The van der Waals surface area contributed by atoms with E-state index in [9.17, 15) is 19.5 Å². The van der Waals surface area contributed by atoms with Crippen LogP contribution >= 0.6 is 0 Å². The lowest BCUT2D eigenvalue weighted by Gasteiger charge is -2.66. The number of carbonyl (C=O) groups excluding carboxylic acids is 3. The first kappa shape index (κ1) is 24.2. The zero-order chi connectivity index (χ0) is 24.5. The van der Waals surface area contributed by atoms with Crippen LogP contribution in [0.2, 0.25) is 0 Å². The topological polar surface area (TPSA) is 108 Å². The largest absolute Gasteiger partial charge is 0.462 e. The molecule has 0 aromatic rings. The van der Waals surface area contributed by atoms with Crippen LogP contribution in [-0.2, 0) is 33.3 Å². The minimum absolute atomic E-state index is 0.0696. The van der Waals surface area contributed by atoms with Crippen LogP contribution in [0.3, 0.4) is 0 Å². The van der Waals surface area contributed by atoms with Crippen LogP contribution in [0.4, 0.5) is 0 Å². The van der Waals surface area contributed by atoms with Crippen LogP contribution in [0.5, 0.6) is 0 Å². The van der Waals surface area contributed by atoms with Crippen molar-refractivity contribution in [1.82, 2.24) is 0 Å². The molecule has 1 heterocycles. The van der Waals surface area contributed by atoms with Crippen molar-refractivity contribution in [2.24, 2.45) is 34.5 Å². The lowest BCUT2D eigenvalue weighted by atomic mass is 9.41. The molecule has 9 atom stereocenters. The molecule has 8 nitrogen and oxygen atoms in total. The predicted molar refractivity (Wildman–Crippen MR) is 116 cm³/mol. The van der Waals surface area contributed by atoms with E-state index in [1.807, 2.05) is 20.8 Å². The fourth-order valence-corrected chi connectivity index (χ4v) is 7.95. The standard InChI is InChI=1S/C25H36O8/c1-12-15-10-18(28)33-25(15,30-7)11-16-19(12)20(29)21(32-14(3)27)22-23(4,5)17(31-13(2)26)8-9-24(16,22)6/h10,12,16-17,19-22,29H,8-9,11H2,1-7H3/t12-,16-,17+,19+,20-,21-,22+,24+,25-/m1/s1. The van der Waals surface area contributed by atoms with Crippen molar-refractivity contribution in [3.8, 4) is 0 Å². The van der Waals surface area contributed by atoms with E-state index >= 15 is 0 Å². The molecule has 0 saturated heterocycles. The Morgan fingerprint density at radius 3 is 2.36 bits per heavy atom. The van der Waals surface area contributed by atoms with Crippen molar-refractivity contribution in [2.75, 3.05) is 7.11 Å². The number of hydrogen-bond acceptors (Lipinski definition) is 8. The van der Waals surface area contributed by atoms with Crippen LogP contribution in [-0.4, -0.2) is 54.2 Å². The van der Waals surface area contributed by atoms with Crippen molar-refractivity contribution < 1.29 is 38.4 Å². The highest BCUT2D eigenvalue weighted by atomic mass is 16.7. The Bertz CT molecular complexity index is 893. The van der Waals surface area contributed by atoms with E-state index in [-0.39, 0.29) is 41.2 Å². The van der Waals surface area contributed by atoms with E-state index in [0.29, 0.717) is 19.3 Å². The first-order chi connectivity index (χ1) is 15.3. The van der Waals surface area contributed by atoms with Crippen LogP contribution in [0.1, 0.15) is 60.8 Å². The highest BCUT2D eigenvalue weighted by molar-refractivity contribution is 5.86. The zero-order valence-electron chi connectivity index (χ0n) is 20.5. The summed E-state index contributed by atoms with van der Waals surface area (Å²) in [5.74, 6) is -3.21. The molecule has 3 saturated carbocycles. The molecule has 0 amide bonds. The maximum atomic E-state index is 12.3. The van der Waals surface area contributed by atoms with Crippen molar-refractivity contribution in [2.45, 2.75) is 84.9 Å². The number of carbonyl (C=O) groups is 3. The summed E-state index contributed by atoms with van der Waals surface area (Å²) in [5.41, 5.74) is -0.229. The van der Waals surface area contributed by atoms with Crippen molar-refractivity contribution in [1.29, 1.82) is 0 Å². The molecule has 4 rings (SSSR count). The minimum Gasteiger partial charge on any atom is -0.462 e. The number of rotatable bonds is 3. The van der Waals surface area contributed by atoms with Gasteiger partial charge in [-0.25, -0.2) is 4.79 Å². The van der Waals surface area contributed by atoms with E-state index < -0.39 is 35.3 Å². The van der Waals surface area contributed by atoms with Gasteiger partial charge in [-0.3, -0.25) is 9.59 Å². The van der Waals surface area contributed by atoms with E-state index in [0.717, 1.165) is 5.57 Å². The molecular formula is C25H36O8. The molecule has 0 unspecified atom stereocenters. The van der Waals surface area contributed by atoms with Crippen LogP contribution in [0.15, 0.2) is 11.6 Å². The smallest absolute Gasteiger partial charge is 0.333 e. The van der Waals surface area contributed by atoms with Gasteiger partial charge >= 0.3 is 17.9 Å². The quantitative estimate of drug-likeness (QED) is 0.502. The maximum absolute atomic E-state index is 12.3. The van der Waals surface area contributed by atoms with Gasteiger partial charge in [-0.05, 0) is 36.0 Å². The van der Waals surface area contributed by atoms with Gasteiger partial charge in [0.1, 0.15) is 12.2 Å². The average molecular weight is 465 g/mol. The molecule has 0 bridgehead atoms. The number of esters is 3. The number of ether oxygens (including phenoxy) is 4. The minimum atomic E-state index is -1.14. The van der Waals surface area contributed by atoms with Gasteiger partial charge < -0.3 is 24.1 Å². The Hall–Kier alpha value is -1.93. The number of fused-ring (bicyclic) bond motifs is 4. The SMILES string of the molecule is CO[C@@]12C[C@@H]3[C@@H]([C@@H](O)[C@@H](OC(C)=O)[C@H]4C(C)(C)[C@@H](OC(C)=O)CC[C@@]34C)[C@H](C)C1=CC(=O)O2. The van der Waals surface area contributed by atoms with Gasteiger partial charge in [0.25, 0.3) is 0 Å². The predicted octanol–water partition coefficient (Wildman–Crippen LogP) is 2.76. The Labute approximate surface area is 195 Å². The Kier molecular flexibility index (Phi) is 5.72. The molecule has 3 fully saturated rings. The van der Waals surface area contributed by atoms with E-state index in [1.165, 1.54) is 19.9 Å². The Balaban J connectivity index is 1.84. The van der Waals surface area contributed by atoms with E-state index in [4.69, 9.17) is 18.9 Å². The maximum Gasteiger partial charge on any atom is 0.333 e. The third kappa shape index (κ3) is 3.43. The molecule has 4 aliphatic rings. The third-order valence-electron chi connectivity index (χ3n) is 9.13. The Morgan fingerprint density at radius 1 is 1.15 bits per heavy atom. The summed E-state index contributed by atoms with van der Waals surface area (Å²) in [6.07, 6.45) is 1.18. The average Bonchev–Trinajstić information content (AvgIpc) is 3.04. The van der Waals surface area contributed by atoms with E-state index in [2.05, 4.69) is 6.92 Å². The second-order valence-corrected chi connectivity index (χ2v) is 11.2. The van der Waals surface area contributed by atoms with Gasteiger partial charge in [0.05, 0.1) is 6.10 Å². The Morgan fingerprint density at radius 2 is 1.79 bits per heavy atom. The van der Waals surface area contributed by atoms with Crippen molar-refractivity contribution >= 4 is 17.9 Å². The highest BCUT2D eigenvalue weighted by Gasteiger charge is 2.70. The summed E-state index contributed by atoms with van der Waals surface area (Å²) >= 11 is 0.